The van der Waals surface area contributed by atoms with E-state index in [-0.39, 0.29) is 16.9 Å². The summed E-state index contributed by atoms with van der Waals surface area (Å²) >= 11 is 0. The van der Waals surface area contributed by atoms with Crippen molar-refractivity contribution in [1.29, 1.82) is 0 Å². The van der Waals surface area contributed by atoms with Gasteiger partial charge in [0.1, 0.15) is 5.82 Å². The van der Waals surface area contributed by atoms with Gasteiger partial charge in [0.05, 0.1) is 5.69 Å². The van der Waals surface area contributed by atoms with Crippen LogP contribution < -0.4 is 10.2 Å². The average Bonchev–Trinajstić information content (AvgIpc) is 2.35. The number of halogens is 1. The minimum Gasteiger partial charge on any atom is -0.367 e. The summed E-state index contributed by atoms with van der Waals surface area (Å²) in [6, 6.07) is 5.52. The first-order valence-electron chi connectivity index (χ1n) is 7.34. The molecule has 0 aliphatic heterocycles. The molecule has 0 saturated carbocycles. The van der Waals surface area contributed by atoms with Crippen LogP contribution in [0.1, 0.15) is 53.5 Å². The molecule has 0 aliphatic rings. The van der Waals surface area contributed by atoms with Gasteiger partial charge in [-0.25, -0.2) is 4.39 Å². The molecule has 0 aliphatic carbocycles. The Labute approximate surface area is 123 Å². The van der Waals surface area contributed by atoms with E-state index in [2.05, 4.69) is 46.9 Å². The minimum atomic E-state index is -0.151. The Morgan fingerprint density at radius 2 is 1.75 bits per heavy atom. The van der Waals surface area contributed by atoms with Crippen molar-refractivity contribution in [2.24, 2.45) is 0 Å². The fourth-order valence-electron chi connectivity index (χ4n) is 1.86. The predicted octanol–water partition coefficient (Wildman–Crippen LogP) is 4.34. The van der Waals surface area contributed by atoms with Crippen molar-refractivity contribution in [3.05, 3.63) is 29.6 Å². The number of rotatable bonds is 5. The maximum atomic E-state index is 14.3. The number of anilines is 1. The van der Waals surface area contributed by atoms with Gasteiger partial charge < -0.3 is 10.2 Å². The number of nitrogens with one attached hydrogen (secondary N) is 1. The monoisotopic (exact) mass is 280 g/mol. The third-order valence-electron chi connectivity index (χ3n) is 3.97. The van der Waals surface area contributed by atoms with E-state index in [9.17, 15) is 4.39 Å². The van der Waals surface area contributed by atoms with E-state index in [1.165, 1.54) is 0 Å². The van der Waals surface area contributed by atoms with Crippen LogP contribution in [-0.2, 0) is 6.54 Å². The normalized spacial score (nSPS) is 12.6. The second-order valence-electron chi connectivity index (χ2n) is 7.11. The van der Waals surface area contributed by atoms with E-state index < -0.39 is 0 Å². The first-order chi connectivity index (χ1) is 9.07. The molecule has 114 valence electrons. The van der Waals surface area contributed by atoms with Crippen LogP contribution in [0.2, 0.25) is 0 Å². The molecular formula is C17H29FN2. The topological polar surface area (TPSA) is 15.3 Å². The van der Waals surface area contributed by atoms with Crippen molar-refractivity contribution in [2.75, 3.05) is 11.9 Å². The van der Waals surface area contributed by atoms with Crippen LogP contribution in [-0.4, -0.2) is 18.1 Å². The van der Waals surface area contributed by atoms with Gasteiger partial charge in [-0.2, -0.15) is 0 Å². The summed E-state index contributed by atoms with van der Waals surface area (Å²) < 4.78 is 14.3. The van der Waals surface area contributed by atoms with Crippen molar-refractivity contribution in [1.82, 2.24) is 5.32 Å². The van der Waals surface area contributed by atoms with Gasteiger partial charge in [-0.05, 0) is 58.7 Å². The Bertz CT molecular complexity index is 447. The van der Waals surface area contributed by atoms with Crippen LogP contribution in [0.5, 0.6) is 0 Å². The Morgan fingerprint density at radius 3 is 2.20 bits per heavy atom. The summed E-state index contributed by atoms with van der Waals surface area (Å²) in [5.74, 6) is -0.151. The molecule has 0 fully saturated rings. The number of nitrogens with zero attached hydrogens (tertiary/aromatic N) is 1. The van der Waals surface area contributed by atoms with Crippen LogP contribution in [0.3, 0.4) is 0 Å². The van der Waals surface area contributed by atoms with E-state index in [0.29, 0.717) is 12.2 Å². The zero-order valence-corrected chi connectivity index (χ0v) is 14.0. The van der Waals surface area contributed by atoms with Gasteiger partial charge in [-0.3, -0.25) is 0 Å². The fraction of sp³-hybridized carbons (Fsp3) is 0.647. The first kappa shape index (κ1) is 17.0. The van der Waals surface area contributed by atoms with E-state index in [1.54, 1.807) is 6.07 Å². The second kappa shape index (κ2) is 6.13. The molecule has 0 bridgehead atoms. The highest BCUT2D eigenvalue weighted by atomic mass is 19.1. The van der Waals surface area contributed by atoms with Gasteiger partial charge in [0.2, 0.25) is 0 Å². The van der Waals surface area contributed by atoms with Crippen molar-refractivity contribution in [3.63, 3.8) is 0 Å². The fourth-order valence-corrected chi connectivity index (χ4v) is 1.86. The highest BCUT2D eigenvalue weighted by molar-refractivity contribution is 5.50. The highest BCUT2D eigenvalue weighted by Crippen LogP contribution is 2.27. The molecule has 1 aromatic carbocycles. The predicted molar refractivity (Wildman–Crippen MR) is 85.8 cm³/mol. The molecule has 0 atom stereocenters. The Balaban J connectivity index is 2.89. The molecule has 1 N–H and O–H groups in total. The summed E-state index contributed by atoms with van der Waals surface area (Å²) in [5.41, 5.74) is 1.63. The standard InChI is InChI=1S/C17H29FN2/c1-8-17(5,6)20(7)15-10-9-13(11-14(15)18)12-19-16(2,3)4/h9-11,19H,8,12H2,1-7H3. The van der Waals surface area contributed by atoms with Crippen LogP contribution in [0.25, 0.3) is 0 Å². The minimum absolute atomic E-state index is 0.0378. The second-order valence-corrected chi connectivity index (χ2v) is 7.11. The van der Waals surface area contributed by atoms with Gasteiger partial charge >= 0.3 is 0 Å². The SMILES string of the molecule is CCC(C)(C)N(C)c1ccc(CNC(C)(C)C)cc1F. The van der Waals surface area contributed by atoms with Gasteiger partial charge in [0.15, 0.2) is 0 Å². The molecular weight excluding hydrogens is 251 g/mol. The molecule has 0 radical (unpaired) electrons. The van der Waals surface area contributed by atoms with Gasteiger partial charge in [-0.15, -0.1) is 0 Å². The maximum absolute atomic E-state index is 14.3. The summed E-state index contributed by atoms with van der Waals surface area (Å²) in [4.78, 5) is 2.02. The van der Waals surface area contributed by atoms with Crippen molar-refractivity contribution >= 4 is 5.69 Å². The molecule has 0 aromatic heterocycles. The third kappa shape index (κ3) is 4.48. The Kier molecular flexibility index (Phi) is 5.20. The number of hydrogen-bond donors (Lipinski definition) is 1. The van der Waals surface area contributed by atoms with Gasteiger partial charge in [-0.1, -0.05) is 13.0 Å². The average molecular weight is 280 g/mol. The molecule has 0 unspecified atom stereocenters. The number of hydrogen-bond acceptors (Lipinski definition) is 2. The number of benzene rings is 1. The smallest absolute Gasteiger partial charge is 0.146 e. The zero-order chi connectivity index (χ0) is 15.6. The van der Waals surface area contributed by atoms with Gasteiger partial charge in [0.25, 0.3) is 0 Å². The lowest BCUT2D eigenvalue weighted by molar-refractivity contribution is 0.423. The van der Waals surface area contributed by atoms with Crippen molar-refractivity contribution in [3.8, 4) is 0 Å². The summed E-state index contributed by atoms with van der Waals surface area (Å²) in [5, 5.41) is 3.38. The van der Waals surface area contributed by atoms with E-state index in [4.69, 9.17) is 0 Å². The van der Waals surface area contributed by atoms with Crippen LogP contribution >= 0.6 is 0 Å². The van der Waals surface area contributed by atoms with E-state index >= 15 is 0 Å². The lowest BCUT2D eigenvalue weighted by Gasteiger charge is -2.37. The molecule has 20 heavy (non-hydrogen) atoms. The molecule has 0 amide bonds. The van der Waals surface area contributed by atoms with E-state index in [1.807, 2.05) is 24.1 Å². The first-order valence-corrected chi connectivity index (χ1v) is 7.34. The van der Waals surface area contributed by atoms with Crippen LogP contribution in [0, 0.1) is 5.82 Å². The maximum Gasteiger partial charge on any atom is 0.146 e. The molecule has 0 saturated heterocycles. The zero-order valence-electron chi connectivity index (χ0n) is 14.0. The van der Waals surface area contributed by atoms with Gasteiger partial charge in [0, 0.05) is 24.7 Å². The van der Waals surface area contributed by atoms with Crippen LogP contribution in [0.15, 0.2) is 18.2 Å². The van der Waals surface area contributed by atoms with Crippen LogP contribution in [0.4, 0.5) is 10.1 Å². The Morgan fingerprint density at radius 1 is 1.15 bits per heavy atom. The third-order valence-corrected chi connectivity index (χ3v) is 3.97. The largest absolute Gasteiger partial charge is 0.367 e. The van der Waals surface area contributed by atoms with E-state index in [0.717, 1.165) is 12.0 Å². The molecule has 0 spiro atoms. The summed E-state index contributed by atoms with van der Waals surface area (Å²) in [6.07, 6.45) is 0.969. The Hall–Kier alpha value is -1.09. The summed E-state index contributed by atoms with van der Waals surface area (Å²) in [7, 11) is 1.95. The lowest BCUT2D eigenvalue weighted by atomic mass is 9.98. The van der Waals surface area contributed by atoms with Crippen molar-refractivity contribution in [2.45, 2.75) is 65.6 Å². The molecule has 2 nitrogen and oxygen atoms in total. The highest BCUT2D eigenvalue weighted by Gasteiger charge is 2.23. The molecule has 3 heteroatoms. The van der Waals surface area contributed by atoms with Crippen molar-refractivity contribution < 1.29 is 4.39 Å². The lowest BCUT2D eigenvalue weighted by Crippen LogP contribution is -2.41. The molecule has 1 rings (SSSR count). The molecule has 1 aromatic rings. The summed E-state index contributed by atoms with van der Waals surface area (Å²) in [6.45, 7) is 13.4. The molecule has 0 heterocycles. The quantitative estimate of drug-likeness (QED) is 0.863.